The molecule has 4 heteroatoms. The molecule has 0 bridgehead atoms. The number of hydrogen-bond donors (Lipinski definition) is 0. The van der Waals surface area contributed by atoms with Gasteiger partial charge in [0.05, 0.1) is 0 Å². The average Bonchev–Trinajstić information content (AvgIpc) is 2.94. The number of nitrogens with zero attached hydrogens (tertiary/aromatic N) is 1. The standard InChI is InChI=1S/C35H37NO3/c1-25(2)35(37)39-28(5)24-38-34-22-14-30(15-23-34)11-10-29-12-20-33(21-13-29)36(31-16-6-26(3)7-17-31)32-18-8-27(4)9-19-32/h6-9,12-23,28H,1,10-11,24H2,2-5H3. The van der Waals surface area contributed by atoms with Crippen molar-refractivity contribution in [3.8, 4) is 5.75 Å². The molecule has 4 nitrogen and oxygen atoms in total. The molecule has 0 spiro atoms. The van der Waals surface area contributed by atoms with Gasteiger partial charge >= 0.3 is 5.97 Å². The van der Waals surface area contributed by atoms with Gasteiger partial charge in [-0.25, -0.2) is 4.79 Å². The number of carbonyl (C=O) groups is 1. The van der Waals surface area contributed by atoms with Crippen molar-refractivity contribution < 1.29 is 14.3 Å². The fourth-order valence-electron chi connectivity index (χ4n) is 4.22. The molecule has 0 saturated heterocycles. The monoisotopic (exact) mass is 519 g/mol. The van der Waals surface area contributed by atoms with Crippen LogP contribution >= 0.6 is 0 Å². The van der Waals surface area contributed by atoms with Crippen LogP contribution in [0.2, 0.25) is 0 Å². The van der Waals surface area contributed by atoms with Gasteiger partial charge in [-0.15, -0.1) is 0 Å². The van der Waals surface area contributed by atoms with Crippen LogP contribution in [0.4, 0.5) is 17.1 Å². The summed E-state index contributed by atoms with van der Waals surface area (Å²) in [5.41, 5.74) is 8.83. The number of benzene rings is 4. The number of ether oxygens (including phenoxy) is 2. The van der Waals surface area contributed by atoms with Crippen LogP contribution in [0, 0.1) is 13.8 Å². The minimum Gasteiger partial charge on any atom is -0.490 e. The molecule has 0 saturated carbocycles. The van der Waals surface area contributed by atoms with Gasteiger partial charge in [-0.05, 0) is 100 Å². The fraction of sp³-hybridized carbons (Fsp3) is 0.229. The van der Waals surface area contributed by atoms with Crippen molar-refractivity contribution in [3.05, 3.63) is 131 Å². The predicted molar refractivity (Wildman–Crippen MR) is 160 cm³/mol. The van der Waals surface area contributed by atoms with E-state index in [9.17, 15) is 4.79 Å². The Morgan fingerprint density at radius 2 is 1.13 bits per heavy atom. The Labute approximate surface area is 232 Å². The zero-order valence-corrected chi connectivity index (χ0v) is 23.3. The zero-order chi connectivity index (χ0) is 27.8. The van der Waals surface area contributed by atoms with Crippen LogP contribution in [0.3, 0.4) is 0 Å². The van der Waals surface area contributed by atoms with E-state index in [-0.39, 0.29) is 6.10 Å². The summed E-state index contributed by atoms with van der Waals surface area (Å²) in [5, 5.41) is 0. The molecule has 0 aliphatic rings. The van der Waals surface area contributed by atoms with E-state index in [1.54, 1.807) is 13.8 Å². The SMILES string of the molecule is C=C(C)C(=O)OC(C)COc1ccc(CCc2ccc(N(c3ccc(C)cc3)c3ccc(C)cc3)cc2)cc1. The maximum atomic E-state index is 11.6. The molecule has 0 amide bonds. The highest BCUT2D eigenvalue weighted by atomic mass is 16.6. The van der Waals surface area contributed by atoms with Gasteiger partial charge in [-0.2, -0.15) is 0 Å². The summed E-state index contributed by atoms with van der Waals surface area (Å²) >= 11 is 0. The maximum Gasteiger partial charge on any atom is 0.333 e. The van der Waals surface area contributed by atoms with Crippen molar-refractivity contribution in [3.63, 3.8) is 0 Å². The minimum atomic E-state index is -0.396. The first-order chi connectivity index (χ1) is 18.8. The molecule has 0 heterocycles. The smallest absolute Gasteiger partial charge is 0.333 e. The number of aryl methyl sites for hydroxylation is 4. The first-order valence-corrected chi connectivity index (χ1v) is 13.4. The van der Waals surface area contributed by atoms with Crippen LogP contribution in [0.1, 0.15) is 36.1 Å². The number of anilines is 3. The molecule has 0 aliphatic carbocycles. The van der Waals surface area contributed by atoms with E-state index in [0.29, 0.717) is 12.2 Å². The van der Waals surface area contributed by atoms with Crippen LogP contribution < -0.4 is 9.64 Å². The normalized spacial score (nSPS) is 11.5. The van der Waals surface area contributed by atoms with Gasteiger partial charge in [0.2, 0.25) is 0 Å². The third-order valence-electron chi connectivity index (χ3n) is 6.55. The highest BCUT2D eigenvalue weighted by molar-refractivity contribution is 5.87. The molecule has 1 unspecified atom stereocenters. The molecule has 1 atom stereocenters. The number of esters is 1. The van der Waals surface area contributed by atoms with Crippen molar-refractivity contribution in [1.29, 1.82) is 0 Å². The van der Waals surface area contributed by atoms with Crippen molar-refractivity contribution in [2.45, 2.75) is 46.6 Å². The second-order valence-corrected chi connectivity index (χ2v) is 10.1. The Balaban J connectivity index is 1.37. The Kier molecular flexibility index (Phi) is 9.22. The van der Waals surface area contributed by atoms with E-state index in [1.807, 2.05) is 12.1 Å². The summed E-state index contributed by atoms with van der Waals surface area (Å²) in [4.78, 5) is 13.9. The summed E-state index contributed by atoms with van der Waals surface area (Å²) < 4.78 is 11.0. The molecule has 4 rings (SSSR count). The quantitative estimate of drug-likeness (QED) is 0.147. The Morgan fingerprint density at radius 3 is 1.56 bits per heavy atom. The third kappa shape index (κ3) is 7.84. The Hall–Kier alpha value is -4.31. The van der Waals surface area contributed by atoms with E-state index < -0.39 is 5.97 Å². The minimum absolute atomic E-state index is 0.299. The van der Waals surface area contributed by atoms with Crippen LogP contribution in [0.5, 0.6) is 5.75 Å². The molecule has 0 aromatic heterocycles. The van der Waals surface area contributed by atoms with Gasteiger partial charge in [0, 0.05) is 22.6 Å². The number of carbonyl (C=O) groups excluding carboxylic acids is 1. The van der Waals surface area contributed by atoms with Gasteiger partial charge in [-0.1, -0.05) is 66.2 Å². The molecule has 0 N–H and O–H groups in total. The fourth-order valence-corrected chi connectivity index (χ4v) is 4.22. The van der Waals surface area contributed by atoms with E-state index in [0.717, 1.165) is 35.7 Å². The largest absolute Gasteiger partial charge is 0.490 e. The van der Waals surface area contributed by atoms with Crippen LogP contribution in [0.15, 0.2) is 109 Å². The summed E-state index contributed by atoms with van der Waals surface area (Å²) in [6.45, 7) is 11.6. The summed E-state index contributed by atoms with van der Waals surface area (Å²) in [5.74, 6) is 0.362. The predicted octanol–water partition coefficient (Wildman–Crippen LogP) is 8.45. The number of hydrogen-bond acceptors (Lipinski definition) is 4. The summed E-state index contributed by atoms with van der Waals surface area (Å²) in [6, 6.07) is 34.2. The van der Waals surface area contributed by atoms with Gasteiger partial charge < -0.3 is 14.4 Å². The van der Waals surface area contributed by atoms with Gasteiger partial charge in [0.1, 0.15) is 18.5 Å². The van der Waals surface area contributed by atoms with E-state index in [2.05, 4.69) is 110 Å². The molecular weight excluding hydrogens is 482 g/mol. The topological polar surface area (TPSA) is 38.8 Å². The molecule has 0 radical (unpaired) electrons. The summed E-state index contributed by atoms with van der Waals surface area (Å²) in [7, 11) is 0. The Morgan fingerprint density at radius 1 is 0.718 bits per heavy atom. The lowest BCUT2D eigenvalue weighted by atomic mass is 10.0. The van der Waals surface area contributed by atoms with Gasteiger partial charge in [0.25, 0.3) is 0 Å². The average molecular weight is 520 g/mol. The van der Waals surface area contributed by atoms with Crippen molar-refractivity contribution in [2.75, 3.05) is 11.5 Å². The highest BCUT2D eigenvalue weighted by Crippen LogP contribution is 2.34. The van der Waals surface area contributed by atoms with E-state index >= 15 is 0 Å². The summed E-state index contributed by atoms with van der Waals surface area (Å²) in [6.07, 6.45) is 1.54. The molecule has 0 aliphatic heterocycles. The Bertz CT molecular complexity index is 1330. The van der Waals surface area contributed by atoms with Crippen molar-refractivity contribution in [2.24, 2.45) is 0 Å². The zero-order valence-electron chi connectivity index (χ0n) is 23.3. The third-order valence-corrected chi connectivity index (χ3v) is 6.55. The first kappa shape index (κ1) is 27.7. The number of rotatable bonds is 11. The van der Waals surface area contributed by atoms with Gasteiger partial charge in [-0.3, -0.25) is 0 Å². The van der Waals surface area contributed by atoms with Crippen molar-refractivity contribution in [1.82, 2.24) is 0 Å². The lowest BCUT2D eigenvalue weighted by molar-refractivity contribution is -0.144. The van der Waals surface area contributed by atoms with E-state index in [1.165, 1.54) is 22.3 Å². The van der Waals surface area contributed by atoms with Crippen LogP contribution in [-0.4, -0.2) is 18.7 Å². The molecular formula is C35H37NO3. The molecule has 39 heavy (non-hydrogen) atoms. The molecule has 4 aromatic rings. The highest BCUT2D eigenvalue weighted by Gasteiger charge is 2.13. The molecule has 4 aromatic carbocycles. The maximum absolute atomic E-state index is 11.6. The first-order valence-electron chi connectivity index (χ1n) is 13.4. The molecule has 200 valence electrons. The van der Waals surface area contributed by atoms with Gasteiger partial charge in [0.15, 0.2) is 0 Å². The molecule has 0 fully saturated rings. The second kappa shape index (κ2) is 13.0. The van der Waals surface area contributed by atoms with Crippen LogP contribution in [-0.2, 0) is 22.4 Å². The lowest BCUT2D eigenvalue weighted by Crippen LogP contribution is -2.22. The second-order valence-electron chi connectivity index (χ2n) is 10.1. The van der Waals surface area contributed by atoms with E-state index in [4.69, 9.17) is 9.47 Å². The van der Waals surface area contributed by atoms with Crippen molar-refractivity contribution >= 4 is 23.0 Å². The lowest BCUT2D eigenvalue weighted by Gasteiger charge is -2.26. The van der Waals surface area contributed by atoms with Crippen LogP contribution in [0.25, 0.3) is 0 Å².